The molecule has 1 amide bonds. The number of hydrogen-bond acceptors (Lipinski definition) is 5. The van der Waals surface area contributed by atoms with Crippen molar-refractivity contribution in [3.05, 3.63) is 48.0 Å². The van der Waals surface area contributed by atoms with Gasteiger partial charge >= 0.3 is 0 Å². The predicted molar refractivity (Wildman–Crippen MR) is 115 cm³/mol. The summed E-state index contributed by atoms with van der Waals surface area (Å²) >= 11 is 1.51. The van der Waals surface area contributed by atoms with Crippen LogP contribution in [0.3, 0.4) is 0 Å². The van der Waals surface area contributed by atoms with Crippen LogP contribution in [0, 0.1) is 0 Å². The first kappa shape index (κ1) is 19.7. The average molecular weight is 419 g/mol. The maximum Gasteiger partial charge on any atom is 0.232 e. The molecule has 0 radical (unpaired) electrons. The summed E-state index contributed by atoms with van der Waals surface area (Å²) in [7, 11) is -2.87. The van der Waals surface area contributed by atoms with Gasteiger partial charge < -0.3 is 4.90 Å². The van der Waals surface area contributed by atoms with Gasteiger partial charge in [0.25, 0.3) is 0 Å². The van der Waals surface area contributed by atoms with Crippen molar-refractivity contribution in [2.45, 2.75) is 18.2 Å². The molecule has 0 spiro atoms. The van der Waals surface area contributed by atoms with Crippen molar-refractivity contribution in [2.24, 2.45) is 0 Å². The molecular formula is C21H26N2O3S2. The van der Waals surface area contributed by atoms with E-state index in [1.165, 1.54) is 28.1 Å². The molecule has 2 aromatic carbocycles. The summed E-state index contributed by atoms with van der Waals surface area (Å²) in [5, 5.41) is 2.65. The van der Waals surface area contributed by atoms with Crippen molar-refractivity contribution >= 4 is 38.3 Å². The van der Waals surface area contributed by atoms with Gasteiger partial charge in [0.1, 0.15) is 0 Å². The van der Waals surface area contributed by atoms with Crippen LogP contribution in [0.4, 0.5) is 0 Å². The number of nitrogens with zero attached hydrogens (tertiary/aromatic N) is 2. The monoisotopic (exact) mass is 418 g/mol. The molecule has 2 aliphatic rings. The quantitative estimate of drug-likeness (QED) is 0.746. The minimum atomic E-state index is -2.87. The van der Waals surface area contributed by atoms with Gasteiger partial charge in [0.15, 0.2) is 9.84 Å². The number of hydrogen-bond donors (Lipinski definition) is 0. The van der Waals surface area contributed by atoms with Gasteiger partial charge in [-0.05, 0) is 22.8 Å². The van der Waals surface area contributed by atoms with Crippen molar-refractivity contribution in [3.63, 3.8) is 0 Å². The van der Waals surface area contributed by atoms with Crippen molar-refractivity contribution in [1.82, 2.24) is 9.80 Å². The third-order valence-corrected chi connectivity index (χ3v) is 8.90. The van der Waals surface area contributed by atoms with Gasteiger partial charge in [0.2, 0.25) is 5.91 Å². The Kier molecular flexibility index (Phi) is 5.94. The molecule has 7 heteroatoms. The van der Waals surface area contributed by atoms with Crippen LogP contribution in [0.2, 0.25) is 0 Å². The van der Waals surface area contributed by atoms with Crippen LogP contribution >= 0.6 is 11.8 Å². The molecule has 0 aliphatic carbocycles. The van der Waals surface area contributed by atoms with Crippen LogP contribution in [0.1, 0.15) is 12.0 Å². The zero-order valence-corrected chi connectivity index (χ0v) is 17.6. The first-order chi connectivity index (χ1) is 13.5. The lowest BCUT2D eigenvalue weighted by Crippen LogP contribution is -2.48. The molecule has 1 atom stereocenters. The zero-order chi connectivity index (χ0) is 19.6. The van der Waals surface area contributed by atoms with Crippen molar-refractivity contribution in [1.29, 1.82) is 0 Å². The van der Waals surface area contributed by atoms with E-state index in [9.17, 15) is 13.2 Å². The van der Waals surface area contributed by atoms with Crippen LogP contribution in [0.15, 0.2) is 42.5 Å². The van der Waals surface area contributed by atoms with Gasteiger partial charge in [-0.15, -0.1) is 11.8 Å². The molecule has 2 aliphatic heterocycles. The van der Waals surface area contributed by atoms with Crippen LogP contribution in [0.25, 0.3) is 10.8 Å². The Hall–Kier alpha value is -1.57. The van der Waals surface area contributed by atoms with Gasteiger partial charge in [-0.1, -0.05) is 42.5 Å². The molecule has 4 rings (SSSR count). The molecule has 2 aromatic rings. The molecule has 150 valence electrons. The number of fused-ring (bicyclic) bond motifs is 1. The Morgan fingerprint density at radius 1 is 1.04 bits per heavy atom. The Bertz CT molecular complexity index is 948. The topological polar surface area (TPSA) is 57.7 Å². The van der Waals surface area contributed by atoms with Crippen molar-refractivity contribution in [2.75, 3.05) is 43.4 Å². The third kappa shape index (κ3) is 4.70. The van der Waals surface area contributed by atoms with E-state index >= 15 is 0 Å². The fraction of sp³-hybridized carbons (Fsp3) is 0.476. The summed E-state index contributed by atoms with van der Waals surface area (Å²) in [6, 6.07) is 14.9. The minimum Gasteiger partial charge on any atom is -0.339 e. The maximum atomic E-state index is 12.5. The van der Waals surface area contributed by atoms with E-state index in [0.29, 0.717) is 12.2 Å². The summed E-state index contributed by atoms with van der Waals surface area (Å²) in [4.78, 5) is 16.8. The molecule has 5 nitrogen and oxygen atoms in total. The summed E-state index contributed by atoms with van der Waals surface area (Å²) in [6.07, 6.45) is 0.680. The van der Waals surface area contributed by atoms with E-state index in [1.807, 2.05) is 4.90 Å². The minimum absolute atomic E-state index is 0.0848. The molecule has 1 unspecified atom stereocenters. The second-order valence-corrected chi connectivity index (χ2v) is 11.1. The maximum absolute atomic E-state index is 12.5. The zero-order valence-electron chi connectivity index (χ0n) is 15.9. The second kappa shape index (κ2) is 8.43. The molecule has 28 heavy (non-hydrogen) atoms. The number of rotatable bonds is 5. The van der Waals surface area contributed by atoms with Gasteiger partial charge in [0.05, 0.1) is 17.3 Å². The Labute approximate surface area is 171 Å². The first-order valence-electron chi connectivity index (χ1n) is 9.79. The molecular weight excluding hydrogens is 392 g/mol. The Balaban J connectivity index is 1.27. The second-order valence-electron chi connectivity index (χ2n) is 7.63. The summed E-state index contributed by atoms with van der Waals surface area (Å²) < 4.78 is 23.1. The summed E-state index contributed by atoms with van der Waals surface area (Å²) in [5.41, 5.74) is 1.33. The van der Waals surface area contributed by atoms with Crippen LogP contribution in [-0.4, -0.2) is 72.8 Å². The van der Waals surface area contributed by atoms with E-state index in [-0.39, 0.29) is 22.7 Å². The smallest absolute Gasteiger partial charge is 0.232 e. The molecule has 2 saturated heterocycles. The molecule has 2 fully saturated rings. The molecule has 0 aromatic heterocycles. The number of carbonyl (C=O) groups excluding carboxylic acids is 1. The number of benzene rings is 2. The fourth-order valence-electron chi connectivity index (χ4n) is 4.00. The van der Waals surface area contributed by atoms with Crippen molar-refractivity contribution < 1.29 is 13.2 Å². The largest absolute Gasteiger partial charge is 0.339 e. The fourth-order valence-corrected chi connectivity index (χ4v) is 7.54. The number of amides is 1. The highest BCUT2D eigenvalue weighted by atomic mass is 32.2. The SMILES string of the molecule is O=C(CSC1CCS(=O)(=O)C1)N1CCN(Cc2cccc3ccccc23)CC1. The molecule has 2 heterocycles. The predicted octanol–water partition coefficient (Wildman–Crippen LogP) is 2.40. The number of piperazine rings is 1. The lowest BCUT2D eigenvalue weighted by Gasteiger charge is -2.35. The van der Waals surface area contributed by atoms with Crippen LogP contribution < -0.4 is 0 Å². The number of carbonyl (C=O) groups is 1. The standard InChI is InChI=1S/C21H26N2O3S2/c24-21(15-27-19-8-13-28(25,26)16-19)23-11-9-22(10-12-23)14-18-6-3-5-17-4-1-2-7-20(17)18/h1-7,19H,8-16H2. The molecule has 0 saturated carbocycles. The Morgan fingerprint density at radius 2 is 1.79 bits per heavy atom. The number of sulfone groups is 1. The lowest BCUT2D eigenvalue weighted by atomic mass is 10.0. The summed E-state index contributed by atoms with van der Waals surface area (Å²) in [5.74, 6) is 1.03. The van der Waals surface area contributed by atoms with Crippen LogP contribution in [-0.2, 0) is 21.2 Å². The van der Waals surface area contributed by atoms with E-state index in [4.69, 9.17) is 0 Å². The van der Waals surface area contributed by atoms with E-state index in [1.54, 1.807) is 0 Å². The van der Waals surface area contributed by atoms with E-state index in [0.717, 1.165) is 32.7 Å². The highest BCUT2D eigenvalue weighted by Gasteiger charge is 2.29. The first-order valence-corrected chi connectivity index (χ1v) is 12.7. The van der Waals surface area contributed by atoms with Gasteiger partial charge in [0, 0.05) is 38.0 Å². The number of thioether (sulfide) groups is 1. The highest BCUT2D eigenvalue weighted by Crippen LogP contribution is 2.25. The van der Waals surface area contributed by atoms with Crippen LogP contribution in [0.5, 0.6) is 0 Å². The van der Waals surface area contributed by atoms with Gasteiger partial charge in [-0.3, -0.25) is 9.69 Å². The average Bonchev–Trinajstić information content (AvgIpc) is 3.06. The summed E-state index contributed by atoms with van der Waals surface area (Å²) in [6.45, 7) is 4.13. The normalized spacial score (nSPS) is 22.6. The van der Waals surface area contributed by atoms with E-state index in [2.05, 4.69) is 47.4 Å². The highest BCUT2D eigenvalue weighted by molar-refractivity contribution is 8.02. The van der Waals surface area contributed by atoms with Crippen molar-refractivity contribution in [3.8, 4) is 0 Å². The Morgan fingerprint density at radius 3 is 2.54 bits per heavy atom. The lowest BCUT2D eigenvalue weighted by molar-refractivity contribution is -0.130. The third-order valence-electron chi connectivity index (χ3n) is 5.63. The van der Waals surface area contributed by atoms with Gasteiger partial charge in [-0.25, -0.2) is 8.42 Å². The molecule has 0 bridgehead atoms. The van der Waals surface area contributed by atoms with Gasteiger partial charge in [-0.2, -0.15) is 0 Å². The van der Waals surface area contributed by atoms with E-state index < -0.39 is 9.84 Å². The molecule has 0 N–H and O–H groups in total.